The van der Waals surface area contributed by atoms with Crippen molar-refractivity contribution in [1.82, 2.24) is 0 Å². The third-order valence-corrected chi connectivity index (χ3v) is 2.61. The normalized spacial score (nSPS) is 23.4. The van der Waals surface area contributed by atoms with Gasteiger partial charge in [0.25, 0.3) is 0 Å². The molecule has 1 heterocycles. The zero-order chi connectivity index (χ0) is 10.4. The Morgan fingerprint density at radius 2 is 2.50 bits per heavy atom. The predicted octanol–water partition coefficient (Wildman–Crippen LogP) is 0.693. The Morgan fingerprint density at radius 1 is 1.71 bits per heavy atom. The smallest absolute Gasteiger partial charge is 0.305 e. The van der Waals surface area contributed by atoms with Gasteiger partial charge in [-0.25, -0.2) is 0 Å². The van der Waals surface area contributed by atoms with Crippen LogP contribution in [-0.2, 0) is 14.3 Å². The fraction of sp³-hybridized carbons (Fsp3) is 0.900. The number of ether oxygens (including phenoxy) is 2. The molecule has 2 unspecified atom stereocenters. The topological polar surface area (TPSA) is 61.5 Å². The van der Waals surface area contributed by atoms with Crippen molar-refractivity contribution in [3.8, 4) is 0 Å². The summed E-state index contributed by atoms with van der Waals surface area (Å²) in [5.41, 5.74) is 5.89. The van der Waals surface area contributed by atoms with E-state index >= 15 is 0 Å². The molecule has 0 bridgehead atoms. The lowest BCUT2D eigenvalue weighted by Crippen LogP contribution is -2.25. The van der Waals surface area contributed by atoms with Gasteiger partial charge in [0, 0.05) is 25.7 Å². The van der Waals surface area contributed by atoms with Gasteiger partial charge in [-0.1, -0.05) is 0 Å². The van der Waals surface area contributed by atoms with E-state index in [9.17, 15) is 4.79 Å². The molecule has 1 aliphatic rings. The van der Waals surface area contributed by atoms with Crippen LogP contribution in [0.25, 0.3) is 0 Å². The Bertz CT molecular complexity index is 178. The maximum absolute atomic E-state index is 10.9. The van der Waals surface area contributed by atoms with Crippen molar-refractivity contribution < 1.29 is 14.3 Å². The van der Waals surface area contributed by atoms with E-state index < -0.39 is 0 Å². The Hall–Kier alpha value is -0.610. The van der Waals surface area contributed by atoms with Crippen molar-refractivity contribution in [2.24, 2.45) is 11.7 Å². The van der Waals surface area contributed by atoms with E-state index in [1.165, 1.54) is 7.11 Å². The average molecular weight is 201 g/mol. The van der Waals surface area contributed by atoms with Crippen molar-refractivity contribution in [2.75, 3.05) is 20.3 Å². The maximum Gasteiger partial charge on any atom is 0.305 e. The van der Waals surface area contributed by atoms with Gasteiger partial charge in [-0.05, 0) is 25.2 Å². The summed E-state index contributed by atoms with van der Waals surface area (Å²) >= 11 is 0. The zero-order valence-electron chi connectivity index (χ0n) is 8.70. The summed E-state index contributed by atoms with van der Waals surface area (Å²) in [6, 6.07) is 0.0980. The molecular weight excluding hydrogens is 182 g/mol. The molecule has 0 saturated carbocycles. The van der Waals surface area contributed by atoms with Gasteiger partial charge in [0.15, 0.2) is 0 Å². The molecule has 1 rings (SSSR count). The van der Waals surface area contributed by atoms with Crippen LogP contribution in [-0.4, -0.2) is 32.3 Å². The number of carbonyl (C=O) groups excluding carboxylic acids is 1. The lowest BCUT2D eigenvalue weighted by Gasteiger charge is -2.14. The lowest BCUT2D eigenvalue weighted by molar-refractivity contribution is -0.140. The molecule has 0 spiro atoms. The third-order valence-electron chi connectivity index (χ3n) is 2.61. The van der Waals surface area contributed by atoms with Gasteiger partial charge in [-0.3, -0.25) is 4.79 Å². The molecule has 0 radical (unpaired) electrons. The second-order valence-electron chi connectivity index (χ2n) is 3.84. The summed E-state index contributed by atoms with van der Waals surface area (Å²) in [7, 11) is 1.40. The van der Waals surface area contributed by atoms with Gasteiger partial charge in [0.05, 0.1) is 7.11 Å². The first-order valence-corrected chi connectivity index (χ1v) is 5.12. The number of hydrogen-bond donors (Lipinski definition) is 1. The van der Waals surface area contributed by atoms with Gasteiger partial charge < -0.3 is 15.2 Å². The highest BCUT2D eigenvalue weighted by molar-refractivity contribution is 5.69. The fourth-order valence-corrected chi connectivity index (χ4v) is 1.72. The summed E-state index contributed by atoms with van der Waals surface area (Å²) in [6.07, 6.45) is 3.19. The predicted molar refractivity (Wildman–Crippen MR) is 52.8 cm³/mol. The third kappa shape index (κ3) is 4.07. The van der Waals surface area contributed by atoms with Crippen LogP contribution in [0.15, 0.2) is 0 Å². The number of hydrogen-bond acceptors (Lipinski definition) is 4. The van der Waals surface area contributed by atoms with Crippen LogP contribution < -0.4 is 5.73 Å². The number of nitrogens with two attached hydrogens (primary N) is 1. The molecule has 0 amide bonds. The highest BCUT2D eigenvalue weighted by Crippen LogP contribution is 2.18. The highest BCUT2D eigenvalue weighted by atomic mass is 16.5. The molecule has 2 N–H and O–H groups in total. The lowest BCUT2D eigenvalue weighted by atomic mass is 9.97. The van der Waals surface area contributed by atoms with E-state index in [1.807, 2.05) is 0 Å². The molecule has 82 valence electrons. The van der Waals surface area contributed by atoms with Crippen molar-refractivity contribution in [3.05, 3.63) is 0 Å². The van der Waals surface area contributed by atoms with Crippen LogP contribution in [0.1, 0.15) is 25.7 Å². The van der Waals surface area contributed by atoms with Crippen LogP contribution in [0.3, 0.4) is 0 Å². The standard InChI is InChI=1S/C10H19NO3/c1-13-10(12)3-2-9(11)6-8-4-5-14-7-8/h8-9H,2-7,11H2,1H3. The molecule has 4 heteroatoms. The minimum atomic E-state index is -0.178. The molecular formula is C10H19NO3. The summed E-state index contributed by atoms with van der Waals surface area (Å²) in [5.74, 6) is 0.408. The van der Waals surface area contributed by atoms with E-state index in [0.29, 0.717) is 18.8 Å². The number of esters is 1. The molecule has 1 aliphatic heterocycles. The van der Waals surface area contributed by atoms with Gasteiger partial charge in [-0.15, -0.1) is 0 Å². The fourth-order valence-electron chi connectivity index (χ4n) is 1.72. The number of rotatable bonds is 5. The van der Waals surface area contributed by atoms with Gasteiger partial charge in [0.2, 0.25) is 0 Å². The van der Waals surface area contributed by atoms with Gasteiger partial charge in [0.1, 0.15) is 0 Å². The van der Waals surface area contributed by atoms with Crippen LogP contribution in [0.4, 0.5) is 0 Å². The molecule has 2 atom stereocenters. The summed E-state index contributed by atoms with van der Waals surface area (Å²) < 4.78 is 9.81. The maximum atomic E-state index is 10.9. The molecule has 1 saturated heterocycles. The molecule has 4 nitrogen and oxygen atoms in total. The van der Waals surface area contributed by atoms with Crippen LogP contribution in [0.5, 0.6) is 0 Å². The summed E-state index contributed by atoms with van der Waals surface area (Å²) in [6.45, 7) is 1.68. The van der Waals surface area contributed by atoms with E-state index in [4.69, 9.17) is 10.5 Å². The Kier molecular flexibility index (Phi) is 4.90. The summed E-state index contributed by atoms with van der Waals surface area (Å²) in [4.78, 5) is 10.9. The zero-order valence-corrected chi connectivity index (χ0v) is 8.70. The number of methoxy groups -OCH3 is 1. The minimum Gasteiger partial charge on any atom is -0.469 e. The average Bonchev–Trinajstić information content (AvgIpc) is 2.66. The molecule has 0 aromatic rings. The van der Waals surface area contributed by atoms with Crippen molar-refractivity contribution >= 4 is 5.97 Å². The second kappa shape index (κ2) is 5.98. The first-order valence-electron chi connectivity index (χ1n) is 5.12. The Labute approximate surface area is 84.7 Å². The molecule has 1 fully saturated rings. The molecule has 0 aromatic heterocycles. The number of carbonyl (C=O) groups is 1. The highest BCUT2D eigenvalue weighted by Gasteiger charge is 2.19. The second-order valence-corrected chi connectivity index (χ2v) is 3.84. The van der Waals surface area contributed by atoms with E-state index in [2.05, 4.69) is 4.74 Å². The van der Waals surface area contributed by atoms with E-state index in [1.54, 1.807) is 0 Å². The van der Waals surface area contributed by atoms with Crippen molar-refractivity contribution in [3.63, 3.8) is 0 Å². The van der Waals surface area contributed by atoms with Crippen LogP contribution >= 0.6 is 0 Å². The first kappa shape index (κ1) is 11.5. The van der Waals surface area contributed by atoms with E-state index in [-0.39, 0.29) is 12.0 Å². The quantitative estimate of drug-likeness (QED) is 0.665. The monoisotopic (exact) mass is 201 g/mol. The minimum absolute atomic E-state index is 0.0980. The largest absolute Gasteiger partial charge is 0.469 e. The molecule has 0 aromatic carbocycles. The summed E-state index contributed by atoms with van der Waals surface area (Å²) in [5, 5.41) is 0. The molecule has 0 aliphatic carbocycles. The van der Waals surface area contributed by atoms with Crippen molar-refractivity contribution in [2.45, 2.75) is 31.7 Å². The SMILES string of the molecule is COC(=O)CCC(N)CC1CCOC1. The Morgan fingerprint density at radius 3 is 3.07 bits per heavy atom. The van der Waals surface area contributed by atoms with Crippen LogP contribution in [0, 0.1) is 5.92 Å². The van der Waals surface area contributed by atoms with Crippen LogP contribution in [0.2, 0.25) is 0 Å². The first-order chi connectivity index (χ1) is 6.72. The Balaban J connectivity index is 2.08. The van der Waals surface area contributed by atoms with Gasteiger partial charge >= 0.3 is 5.97 Å². The molecule has 14 heavy (non-hydrogen) atoms. The van der Waals surface area contributed by atoms with Gasteiger partial charge in [-0.2, -0.15) is 0 Å². The van der Waals surface area contributed by atoms with E-state index in [0.717, 1.165) is 26.1 Å². The van der Waals surface area contributed by atoms with Crippen molar-refractivity contribution in [1.29, 1.82) is 0 Å².